The summed E-state index contributed by atoms with van der Waals surface area (Å²) in [4.78, 5) is 29.8. The van der Waals surface area contributed by atoms with Gasteiger partial charge < -0.3 is 15.0 Å². The molecule has 0 radical (unpaired) electrons. The van der Waals surface area contributed by atoms with Gasteiger partial charge in [0.15, 0.2) is 0 Å². The van der Waals surface area contributed by atoms with E-state index in [-0.39, 0.29) is 35.5 Å². The van der Waals surface area contributed by atoms with Gasteiger partial charge in [0, 0.05) is 23.5 Å². The van der Waals surface area contributed by atoms with Crippen molar-refractivity contribution in [2.45, 2.75) is 57.1 Å². The standard InChI is InChI=1S/C36H39BrFN3O5S/c1-4-26(3)39-36(43)34(23-27-9-7-6-8-10-27)40(24-28-11-13-29(37)14-12-28)35(42)25-41(31-17-15-30(38)16-18-31)47(44,45)33-21-19-32(20-22-33)46-5-2/h6-22,26,34H,4-5,23-25H2,1-3H3,(H,39,43). The maximum Gasteiger partial charge on any atom is 0.264 e. The Labute approximate surface area is 284 Å². The topological polar surface area (TPSA) is 96.0 Å². The number of amides is 2. The van der Waals surface area contributed by atoms with Gasteiger partial charge in [-0.1, -0.05) is 65.3 Å². The number of hydrogen-bond donors (Lipinski definition) is 1. The van der Waals surface area contributed by atoms with Crippen molar-refractivity contribution in [2.24, 2.45) is 0 Å². The van der Waals surface area contributed by atoms with Crippen molar-refractivity contribution in [3.63, 3.8) is 0 Å². The molecule has 248 valence electrons. The SMILES string of the molecule is CCOc1ccc(S(=O)(=O)N(CC(=O)N(Cc2ccc(Br)cc2)C(Cc2ccccc2)C(=O)NC(C)CC)c2ccc(F)cc2)cc1. The third-order valence-electron chi connectivity index (χ3n) is 7.65. The number of carbonyl (C=O) groups excluding carboxylic acids is 2. The van der Waals surface area contributed by atoms with Crippen molar-refractivity contribution in [2.75, 3.05) is 17.5 Å². The fourth-order valence-electron chi connectivity index (χ4n) is 4.92. The first-order valence-electron chi connectivity index (χ1n) is 15.4. The fraction of sp³-hybridized carbons (Fsp3) is 0.278. The van der Waals surface area contributed by atoms with Gasteiger partial charge in [-0.3, -0.25) is 13.9 Å². The van der Waals surface area contributed by atoms with Gasteiger partial charge in [0.1, 0.15) is 24.2 Å². The average molecular weight is 725 g/mol. The second-order valence-electron chi connectivity index (χ2n) is 11.1. The summed E-state index contributed by atoms with van der Waals surface area (Å²) in [5.41, 5.74) is 1.68. The smallest absolute Gasteiger partial charge is 0.264 e. The lowest BCUT2D eigenvalue weighted by molar-refractivity contribution is -0.140. The van der Waals surface area contributed by atoms with E-state index in [9.17, 15) is 22.4 Å². The highest BCUT2D eigenvalue weighted by molar-refractivity contribution is 9.10. The number of carbonyl (C=O) groups is 2. The molecule has 0 heterocycles. The third kappa shape index (κ3) is 9.65. The second kappa shape index (κ2) is 16.6. The van der Waals surface area contributed by atoms with Crippen molar-refractivity contribution >= 4 is 43.5 Å². The molecule has 0 aliphatic heterocycles. The zero-order valence-electron chi connectivity index (χ0n) is 26.6. The van der Waals surface area contributed by atoms with Gasteiger partial charge in [0.2, 0.25) is 11.8 Å². The first-order chi connectivity index (χ1) is 22.5. The summed E-state index contributed by atoms with van der Waals surface area (Å²) >= 11 is 3.44. The number of benzene rings is 4. The number of halogens is 2. The summed E-state index contributed by atoms with van der Waals surface area (Å²) in [5, 5.41) is 3.02. The molecular weight excluding hydrogens is 685 g/mol. The Morgan fingerprint density at radius 1 is 0.872 bits per heavy atom. The highest BCUT2D eigenvalue weighted by Crippen LogP contribution is 2.27. The lowest BCUT2D eigenvalue weighted by Gasteiger charge is -2.34. The lowest BCUT2D eigenvalue weighted by atomic mass is 10.0. The molecule has 0 aliphatic carbocycles. The van der Waals surface area contributed by atoms with E-state index in [0.29, 0.717) is 18.8 Å². The molecule has 1 N–H and O–H groups in total. The molecule has 0 fully saturated rings. The summed E-state index contributed by atoms with van der Waals surface area (Å²) in [6.07, 6.45) is 0.886. The first kappa shape index (κ1) is 35.6. The molecular formula is C36H39BrFN3O5S. The van der Waals surface area contributed by atoms with Crippen molar-refractivity contribution < 1.29 is 27.1 Å². The Kier molecular flexibility index (Phi) is 12.6. The van der Waals surface area contributed by atoms with Crippen LogP contribution in [0.25, 0.3) is 0 Å². The molecule has 2 amide bonds. The molecule has 4 aromatic rings. The van der Waals surface area contributed by atoms with Gasteiger partial charge in [0.05, 0.1) is 17.2 Å². The van der Waals surface area contributed by atoms with Crippen LogP contribution in [-0.2, 0) is 32.6 Å². The van der Waals surface area contributed by atoms with Gasteiger partial charge in [-0.25, -0.2) is 12.8 Å². The number of hydrogen-bond acceptors (Lipinski definition) is 5. The molecule has 0 aromatic heterocycles. The Hall–Kier alpha value is -4.22. The molecule has 0 bridgehead atoms. The van der Waals surface area contributed by atoms with Crippen LogP contribution in [0.1, 0.15) is 38.3 Å². The van der Waals surface area contributed by atoms with Gasteiger partial charge in [0.25, 0.3) is 10.0 Å². The van der Waals surface area contributed by atoms with E-state index in [1.807, 2.05) is 75.4 Å². The summed E-state index contributed by atoms with van der Waals surface area (Å²) in [6.45, 7) is 5.47. The predicted octanol–water partition coefficient (Wildman–Crippen LogP) is 6.74. The first-order valence-corrected chi connectivity index (χ1v) is 17.6. The molecule has 47 heavy (non-hydrogen) atoms. The number of nitrogens with one attached hydrogen (secondary N) is 1. The van der Waals surface area contributed by atoms with Crippen molar-refractivity contribution in [3.8, 4) is 5.75 Å². The quantitative estimate of drug-likeness (QED) is 0.147. The maximum atomic E-state index is 14.5. The minimum absolute atomic E-state index is 0.0396. The van der Waals surface area contributed by atoms with Crippen LogP contribution < -0.4 is 14.4 Å². The van der Waals surface area contributed by atoms with E-state index in [2.05, 4.69) is 21.2 Å². The lowest BCUT2D eigenvalue weighted by Crippen LogP contribution is -2.54. The molecule has 11 heteroatoms. The molecule has 2 unspecified atom stereocenters. The van der Waals surface area contributed by atoms with Gasteiger partial charge in [-0.2, -0.15) is 0 Å². The van der Waals surface area contributed by atoms with Crippen molar-refractivity contribution in [1.82, 2.24) is 10.2 Å². The number of ether oxygens (including phenoxy) is 1. The van der Waals surface area contributed by atoms with Crippen LogP contribution in [0.15, 0.2) is 112 Å². The van der Waals surface area contributed by atoms with Crippen molar-refractivity contribution in [3.05, 3.63) is 125 Å². The minimum Gasteiger partial charge on any atom is -0.494 e. The monoisotopic (exact) mass is 723 g/mol. The fourth-order valence-corrected chi connectivity index (χ4v) is 6.60. The minimum atomic E-state index is -4.33. The Bertz CT molecular complexity index is 1720. The summed E-state index contributed by atoms with van der Waals surface area (Å²) in [5.74, 6) is -1.02. The number of rotatable bonds is 15. The van der Waals surface area contributed by atoms with E-state index in [1.54, 1.807) is 0 Å². The largest absolute Gasteiger partial charge is 0.494 e. The number of sulfonamides is 1. The molecule has 0 saturated carbocycles. The molecule has 2 atom stereocenters. The molecule has 8 nitrogen and oxygen atoms in total. The summed E-state index contributed by atoms with van der Waals surface area (Å²) < 4.78 is 49.6. The average Bonchev–Trinajstić information content (AvgIpc) is 3.07. The van der Waals surface area contributed by atoms with Crippen molar-refractivity contribution in [1.29, 1.82) is 0 Å². The summed E-state index contributed by atoms with van der Waals surface area (Å²) in [7, 11) is -4.33. The van der Waals surface area contributed by atoms with Crippen LogP contribution in [0.3, 0.4) is 0 Å². The predicted molar refractivity (Wildman–Crippen MR) is 185 cm³/mol. The number of nitrogens with zero attached hydrogens (tertiary/aromatic N) is 2. The highest BCUT2D eigenvalue weighted by atomic mass is 79.9. The molecule has 0 saturated heterocycles. The zero-order valence-corrected chi connectivity index (χ0v) is 29.0. The van der Waals surface area contributed by atoms with Crippen LogP contribution in [-0.4, -0.2) is 50.4 Å². The van der Waals surface area contributed by atoms with Crippen LogP contribution >= 0.6 is 15.9 Å². The Morgan fingerprint density at radius 3 is 2.11 bits per heavy atom. The van der Waals surface area contributed by atoms with E-state index >= 15 is 0 Å². The van der Waals surface area contributed by atoms with Gasteiger partial charge in [-0.05, 0) is 92.1 Å². The normalized spacial score (nSPS) is 12.5. The molecule has 4 rings (SSSR count). The van der Waals surface area contributed by atoms with Crippen LogP contribution in [0.4, 0.5) is 10.1 Å². The zero-order chi connectivity index (χ0) is 34.0. The van der Waals surface area contributed by atoms with E-state index in [1.165, 1.54) is 41.3 Å². The Morgan fingerprint density at radius 2 is 1.51 bits per heavy atom. The second-order valence-corrected chi connectivity index (χ2v) is 13.8. The van der Waals surface area contributed by atoms with Gasteiger partial charge >= 0.3 is 0 Å². The summed E-state index contributed by atoms with van der Waals surface area (Å²) in [6, 6.07) is 26.4. The maximum absolute atomic E-state index is 14.5. The van der Waals surface area contributed by atoms with Gasteiger partial charge in [-0.15, -0.1) is 0 Å². The van der Waals surface area contributed by atoms with Crippen LogP contribution in [0, 0.1) is 5.82 Å². The molecule has 0 aliphatic rings. The van der Waals surface area contributed by atoms with E-state index in [0.717, 1.165) is 32.0 Å². The highest BCUT2D eigenvalue weighted by Gasteiger charge is 2.35. The van der Waals surface area contributed by atoms with Crippen LogP contribution in [0.2, 0.25) is 0 Å². The molecule has 0 spiro atoms. The molecule has 4 aromatic carbocycles. The van der Waals surface area contributed by atoms with E-state index in [4.69, 9.17) is 4.74 Å². The Balaban J connectivity index is 1.79. The third-order valence-corrected chi connectivity index (χ3v) is 9.97. The number of anilines is 1. The van der Waals surface area contributed by atoms with Crippen LogP contribution in [0.5, 0.6) is 5.75 Å². The van der Waals surface area contributed by atoms with E-state index < -0.39 is 34.3 Å².